The average Bonchev–Trinajstić information content (AvgIpc) is 2.99. The summed E-state index contributed by atoms with van der Waals surface area (Å²) in [4.78, 5) is 15.8. The number of carbonyl (C=O) groups is 1. The third-order valence-electron chi connectivity index (χ3n) is 5.88. The normalized spacial score (nSPS) is 28.3. The lowest BCUT2D eigenvalue weighted by Crippen LogP contribution is -2.47. The Kier molecular flexibility index (Phi) is 6.13. The van der Waals surface area contributed by atoms with Crippen LogP contribution < -0.4 is 0 Å². The van der Waals surface area contributed by atoms with Gasteiger partial charge in [0.15, 0.2) is 0 Å². The van der Waals surface area contributed by atoms with Crippen LogP contribution in [0.15, 0.2) is 0 Å². The Morgan fingerprint density at radius 2 is 1.96 bits per heavy atom. The predicted octanol–water partition coefficient (Wildman–Crippen LogP) is 1.14. The summed E-state index contributed by atoms with van der Waals surface area (Å²) in [5.41, 5.74) is 0.335. The van der Waals surface area contributed by atoms with Crippen LogP contribution in [-0.2, 0) is 19.0 Å². The summed E-state index contributed by atoms with van der Waals surface area (Å²) in [6.07, 6.45) is 6.02. The van der Waals surface area contributed by atoms with E-state index in [4.69, 9.17) is 14.2 Å². The van der Waals surface area contributed by atoms with E-state index < -0.39 is 0 Å². The van der Waals surface area contributed by atoms with Gasteiger partial charge in [-0.2, -0.15) is 0 Å². The van der Waals surface area contributed by atoms with Gasteiger partial charge in [0, 0.05) is 33.4 Å². The molecule has 138 valence electrons. The molecule has 0 N–H and O–H groups in total. The van der Waals surface area contributed by atoms with Crippen LogP contribution in [0.5, 0.6) is 0 Å². The largest absolute Gasteiger partial charge is 0.381 e. The second-order valence-electron chi connectivity index (χ2n) is 7.82. The molecule has 6 heteroatoms. The SMILES string of the molecule is CN(C)C(=O)COC[C@H]1CC2(CCN(C3CCOCC3)CC2)CO1. The topological polar surface area (TPSA) is 51.2 Å². The fourth-order valence-corrected chi connectivity index (χ4v) is 4.17. The van der Waals surface area contributed by atoms with Gasteiger partial charge in [0.05, 0.1) is 19.3 Å². The van der Waals surface area contributed by atoms with Crippen molar-refractivity contribution in [2.45, 2.75) is 44.2 Å². The van der Waals surface area contributed by atoms with E-state index >= 15 is 0 Å². The Morgan fingerprint density at radius 1 is 1.25 bits per heavy atom. The van der Waals surface area contributed by atoms with Crippen LogP contribution in [0, 0.1) is 5.41 Å². The highest BCUT2D eigenvalue weighted by atomic mass is 16.5. The Hall–Kier alpha value is -0.690. The highest BCUT2D eigenvalue weighted by molar-refractivity contribution is 5.76. The molecular formula is C18H32N2O4. The van der Waals surface area contributed by atoms with Crippen LogP contribution in [0.2, 0.25) is 0 Å². The van der Waals surface area contributed by atoms with Crippen LogP contribution in [0.4, 0.5) is 0 Å². The quantitative estimate of drug-likeness (QED) is 0.751. The number of piperidine rings is 1. The van der Waals surface area contributed by atoms with Crippen molar-refractivity contribution in [1.82, 2.24) is 9.80 Å². The first-order valence-electron chi connectivity index (χ1n) is 9.29. The number of hydrogen-bond donors (Lipinski definition) is 0. The molecule has 3 aliphatic rings. The predicted molar refractivity (Wildman–Crippen MR) is 91.0 cm³/mol. The van der Waals surface area contributed by atoms with Crippen LogP contribution >= 0.6 is 0 Å². The number of likely N-dealkylation sites (N-methyl/N-ethyl adjacent to an activating group) is 1. The molecule has 1 spiro atoms. The second kappa shape index (κ2) is 8.13. The molecule has 0 aromatic rings. The summed E-state index contributed by atoms with van der Waals surface area (Å²) >= 11 is 0. The monoisotopic (exact) mass is 340 g/mol. The summed E-state index contributed by atoms with van der Waals surface area (Å²) in [5.74, 6) is 0.00693. The lowest BCUT2D eigenvalue weighted by molar-refractivity contribution is -0.134. The zero-order chi connectivity index (χ0) is 17.0. The smallest absolute Gasteiger partial charge is 0.248 e. The first kappa shape index (κ1) is 18.1. The van der Waals surface area contributed by atoms with Gasteiger partial charge in [-0.15, -0.1) is 0 Å². The van der Waals surface area contributed by atoms with Crippen molar-refractivity contribution < 1.29 is 19.0 Å². The fraction of sp³-hybridized carbons (Fsp3) is 0.944. The molecule has 0 aromatic heterocycles. The minimum atomic E-state index is 0.00693. The van der Waals surface area contributed by atoms with Gasteiger partial charge in [0.2, 0.25) is 5.91 Å². The van der Waals surface area contributed by atoms with Gasteiger partial charge in [0.1, 0.15) is 6.61 Å². The van der Waals surface area contributed by atoms with Crippen LogP contribution in [0.1, 0.15) is 32.1 Å². The molecule has 3 rings (SSSR count). The Bertz CT molecular complexity index is 415. The van der Waals surface area contributed by atoms with Gasteiger partial charge in [0.25, 0.3) is 0 Å². The van der Waals surface area contributed by atoms with E-state index in [1.165, 1.54) is 38.8 Å². The maximum Gasteiger partial charge on any atom is 0.248 e. The summed E-state index contributed by atoms with van der Waals surface area (Å²) in [6, 6.07) is 0.717. The first-order chi connectivity index (χ1) is 11.6. The fourth-order valence-electron chi connectivity index (χ4n) is 4.17. The van der Waals surface area contributed by atoms with Crippen LogP contribution in [0.25, 0.3) is 0 Å². The van der Waals surface area contributed by atoms with Crippen molar-refractivity contribution in [2.24, 2.45) is 5.41 Å². The lowest BCUT2D eigenvalue weighted by atomic mass is 9.76. The molecule has 3 fully saturated rings. The maximum absolute atomic E-state index is 11.5. The zero-order valence-electron chi connectivity index (χ0n) is 15.2. The van der Waals surface area contributed by atoms with Crippen molar-refractivity contribution in [3.05, 3.63) is 0 Å². The minimum absolute atomic E-state index is 0.00693. The number of likely N-dealkylation sites (tertiary alicyclic amines) is 1. The highest BCUT2D eigenvalue weighted by Gasteiger charge is 2.43. The number of rotatable bonds is 5. The molecule has 1 atom stereocenters. The van der Waals surface area contributed by atoms with E-state index in [0.717, 1.165) is 32.3 Å². The van der Waals surface area contributed by atoms with Crippen molar-refractivity contribution in [1.29, 1.82) is 0 Å². The molecule has 0 unspecified atom stereocenters. The van der Waals surface area contributed by atoms with Gasteiger partial charge < -0.3 is 24.0 Å². The summed E-state index contributed by atoms with van der Waals surface area (Å²) < 4.78 is 17.0. The number of carbonyl (C=O) groups excluding carboxylic acids is 1. The van der Waals surface area contributed by atoms with E-state index in [9.17, 15) is 4.79 Å². The van der Waals surface area contributed by atoms with Gasteiger partial charge >= 0.3 is 0 Å². The number of nitrogens with zero attached hydrogens (tertiary/aromatic N) is 2. The van der Waals surface area contributed by atoms with E-state index in [1.54, 1.807) is 19.0 Å². The van der Waals surface area contributed by atoms with Gasteiger partial charge in [-0.05, 0) is 50.6 Å². The van der Waals surface area contributed by atoms with E-state index in [0.29, 0.717) is 12.0 Å². The third-order valence-corrected chi connectivity index (χ3v) is 5.88. The van der Waals surface area contributed by atoms with E-state index in [-0.39, 0.29) is 18.6 Å². The summed E-state index contributed by atoms with van der Waals surface area (Å²) in [6.45, 7) is 5.73. The lowest BCUT2D eigenvalue weighted by Gasteiger charge is -2.43. The molecule has 24 heavy (non-hydrogen) atoms. The molecule has 1 amide bonds. The Labute approximate surface area is 145 Å². The number of ether oxygens (including phenoxy) is 3. The second-order valence-corrected chi connectivity index (χ2v) is 7.82. The zero-order valence-corrected chi connectivity index (χ0v) is 15.2. The summed E-state index contributed by atoms with van der Waals surface area (Å²) in [7, 11) is 3.50. The average molecular weight is 340 g/mol. The Morgan fingerprint density at radius 3 is 2.62 bits per heavy atom. The molecule has 0 radical (unpaired) electrons. The van der Waals surface area contributed by atoms with Crippen LogP contribution in [-0.4, -0.2) is 88.1 Å². The summed E-state index contributed by atoms with van der Waals surface area (Å²) in [5, 5.41) is 0. The minimum Gasteiger partial charge on any atom is -0.381 e. The van der Waals surface area contributed by atoms with Gasteiger partial charge in [-0.25, -0.2) is 0 Å². The first-order valence-corrected chi connectivity index (χ1v) is 9.29. The molecule has 3 aliphatic heterocycles. The molecular weight excluding hydrogens is 308 g/mol. The third kappa shape index (κ3) is 4.48. The standard InChI is InChI=1S/C18H32N2O4/c1-19(2)17(21)13-23-12-16-11-18(14-24-16)5-7-20(8-6-18)15-3-9-22-10-4-15/h15-16H,3-14H2,1-2H3/t16-/m1/s1. The molecule has 0 aliphatic carbocycles. The number of hydrogen-bond acceptors (Lipinski definition) is 5. The molecule has 6 nitrogen and oxygen atoms in total. The molecule has 0 aromatic carbocycles. The molecule has 0 saturated carbocycles. The molecule has 0 bridgehead atoms. The van der Waals surface area contributed by atoms with Crippen molar-refractivity contribution in [2.75, 3.05) is 60.2 Å². The van der Waals surface area contributed by atoms with Gasteiger partial charge in [-0.3, -0.25) is 4.79 Å². The van der Waals surface area contributed by atoms with Crippen molar-refractivity contribution in [3.63, 3.8) is 0 Å². The Balaban J connectivity index is 1.38. The van der Waals surface area contributed by atoms with Crippen LogP contribution in [0.3, 0.4) is 0 Å². The maximum atomic E-state index is 11.5. The van der Waals surface area contributed by atoms with Gasteiger partial charge in [-0.1, -0.05) is 0 Å². The van der Waals surface area contributed by atoms with Crippen molar-refractivity contribution in [3.8, 4) is 0 Å². The van der Waals surface area contributed by atoms with Crippen molar-refractivity contribution >= 4 is 5.91 Å². The van der Waals surface area contributed by atoms with E-state index in [2.05, 4.69) is 4.90 Å². The van der Waals surface area contributed by atoms with E-state index in [1.807, 2.05) is 0 Å². The molecule has 3 heterocycles. The highest BCUT2D eigenvalue weighted by Crippen LogP contribution is 2.42. The number of amides is 1. The molecule has 3 saturated heterocycles.